The fraction of sp³-hybridized carbons (Fsp3) is 0.333. The molecule has 3 aromatic rings. The van der Waals surface area contributed by atoms with Gasteiger partial charge < -0.3 is 5.32 Å². The predicted octanol–water partition coefficient (Wildman–Crippen LogP) is 3.84. The summed E-state index contributed by atoms with van der Waals surface area (Å²) < 4.78 is 41.2. The third kappa shape index (κ3) is 5.52. The number of alkyl halides is 3. The molecule has 0 radical (unpaired) electrons. The molecule has 1 aliphatic heterocycles. The number of piperazine rings is 1. The maximum Gasteiger partial charge on any atom is 0.418 e. The molecule has 3 heterocycles. The van der Waals surface area contributed by atoms with E-state index in [1.807, 2.05) is 33.3 Å². The summed E-state index contributed by atoms with van der Waals surface area (Å²) in [5.74, 6) is -0.447. The van der Waals surface area contributed by atoms with E-state index < -0.39 is 17.6 Å². The number of aromatic nitrogens is 2. The van der Waals surface area contributed by atoms with E-state index in [1.165, 1.54) is 18.2 Å². The Balaban J connectivity index is 1.26. The Morgan fingerprint density at radius 2 is 1.81 bits per heavy atom. The molecule has 164 valence electrons. The van der Waals surface area contributed by atoms with Gasteiger partial charge >= 0.3 is 6.18 Å². The van der Waals surface area contributed by atoms with Crippen LogP contribution in [0.4, 0.5) is 18.9 Å². The fourth-order valence-corrected chi connectivity index (χ4v) is 4.18. The van der Waals surface area contributed by atoms with Gasteiger partial charge in [0.25, 0.3) is 0 Å². The van der Waals surface area contributed by atoms with Crippen molar-refractivity contribution in [2.24, 2.45) is 0 Å². The lowest BCUT2D eigenvalue weighted by Gasteiger charge is -2.34. The van der Waals surface area contributed by atoms with Gasteiger partial charge in [0, 0.05) is 43.3 Å². The van der Waals surface area contributed by atoms with Gasteiger partial charge in [-0.05, 0) is 29.6 Å². The van der Waals surface area contributed by atoms with Gasteiger partial charge in [0.05, 0.1) is 30.2 Å². The van der Waals surface area contributed by atoms with Crippen molar-refractivity contribution in [2.75, 3.05) is 38.0 Å². The molecule has 0 atom stereocenters. The average molecular weight is 450 g/mol. The Labute approximate surface area is 181 Å². The van der Waals surface area contributed by atoms with Crippen LogP contribution in [-0.2, 0) is 17.6 Å². The van der Waals surface area contributed by atoms with Gasteiger partial charge in [-0.3, -0.25) is 19.3 Å². The minimum atomic E-state index is -4.51. The number of hydrogen-bond donors (Lipinski definition) is 1. The maximum atomic E-state index is 13.1. The summed E-state index contributed by atoms with van der Waals surface area (Å²) in [7, 11) is 0. The van der Waals surface area contributed by atoms with Crippen LogP contribution < -0.4 is 5.32 Å². The molecular weight excluding hydrogens is 427 g/mol. The van der Waals surface area contributed by atoms with Crippen molar-refractivity contribution < 1.29 is 18.0 Å². The molecular formula is C21H22F3N5OS. The van der Waals surface area contributed by atoms with E-state index in [2.05, 4.69) is 20.7 Å². The van der Waals surface area contributed by atoms with E-state index in [0.29, 0.717) is 19.8 Å². The lowest BCUT2D eigenvalue weighted by Crippen LogP contribution is -2.48. The quantitative estimate of drug-likeness (QED) is 0.621. The fourth-order valence-electron chi connectivity index (χ4n) is 3.53. The minimum absolute atomic E-state index is 0.0596. The van der Waals surface area contributed by atoms with Crippen LogP contribution >= 0.6 is 11.3 Å². The van der Waals surface area contributed by atoms with Crippen LogP contribution in [0.15, 0.2) is 53.4 Å². The molecule has 1 amide bonds. The van der Waals surface area contributed by atoms with E-state index >= 15 is 0 Å². The highest BCUT2D eigenvalue weighted by Crippen LogP contribution is 2.34. The van der Waals surface area contributed by atoms with Gasteiger partial charge in [0.15, 0.2) is 0 Å². The van der Waals surface area contributed by atoms with Gasteiger partial charge in [-0.15, -0.1) is 0 Å². The molecule has 0 aliphatic carbocycles. The summed E-state index contributed by atoms with van der Waals surface area (Å²) in [4.78, 5) is 16.5. The van der Waals surface area contributed by atoms with Gasteiger partial charge in [-0.1, -0.05) is 12.1 Å². The first kappa shape index (κ1) is 21.5. The van der Waals surface area contributed by atoms with Crippen LogP contribution in [0.2, 0.25) is 0 Å². The van der Waals surface area contributed by atoms with Crippen molar-refractivity contribution >= 4 is 22.9 Å². The molecule has 1 saturated heterocycles. The number of anilines is 1. The molecule has 0 unspecified atom stereocenters. The molecule has 4 rings (SSSR count). The molecule has 10 heteroatoms. The first-order chi connectivity index (χ1) is 14.9. The van der Waals surface area contributed by atoms with Gasteiger partial charge in [-0.2, -0.15) is 29.6 Å². The largest absolute Gasteiger partial charge is 0.418 e. The monoisotopic (exact) mass is 449 g/mol. The lowest BCUT2D eigenvalue weighted by atomic mass is 10.1. The van der Waals surface area contributed by atoms with Crippen molar-refractivity contribution in [1.82, 2.24) is 19.6 Å². The van der Waals surface area contributed by atoms with Crippen LogP contribution in [0.25, 0.3) is 11.3 Å². The van der Waals surface area contributed by atoms with E-state index in [9.17, 15) is 18.0 Å². The van der Waals surface area contributed by atoms with Crippen LogP contribution in [0, 0.1) is 0 Å². The van der Waals surface area contributed by atoms with Crippen molar-refractivity contribution in [3.8, 4) is 11.3 Å². The number of para-hydroxylation sites is 1. The van der Waals surface area contributed by atoms with E-state index in [4.69, 9.17) is 0 Å². The first-order valence-electron chi connectivity index (χ1n) is 9.85. The van der Waals surface area contributed by atoms with Gasteiger partial charge in [0.1, 0.15) is 0 Å². The minimum Gasteiger partial charge on any atom is -0.324 e. The van der Waals surface area contributed by atoms with Crippen molar-refractivity contribution in [3.05, 3.63) is 58.9 Å². The Morgan fingerprint density at radius 3 is 2.52 bits per heavy atom. The Morgan fingerprint density at radius 1 is 1.06 bits per heavy atom. The highest BCUT2D eigenvalue weighted by molar-refractivity contribution is 7.08. The van der Waals surface area contributed by atoms with Crippen LogP contribution in [-0.4, -0.2) is 58.2 Å². The standard InChI is InChI=1S/C21H22F3N5OS/c22-21(23,24)17-3-1-2-4-19(17)25-20(30)13-27-8-10-28(11-9-27)15-29-7-5-18(26-29)16-6-12-31-14-16/h1-7,12,14H,8-11,13,15H2,(H,25,30). The SMILES string of the molecule is O=C(CN1CCN(Cn2ccc(-c3ccsc3)n2)CC1)Nc1ccccc1C(F)(F)F. The summed E-state index contributed by atoms with van der Waals surface area (Å²) in [6, 6.07) is 9.04. The number of hydrogen-bond acceptors (Lipinski definition) is 5. The number of halogens is 3. The Bertz CT molecular complexity index is 1010. The van der Waals surface area contributed by atoms with E-state index in [-0.39, 0.29) is 12.2 Å². The Kier molecular flexibility index (Phi) is 6.40. The second kappa shape index (κ2) is 9.21. The molecule has 1 aromatic carbocycles. The number of carbonyl (C=O) groups is 1. The summed E-state index contributed by atoms with van der Waals surface area (Å²) >= 11 is 1.63. The van der Waals surface area contributed by atoms with Crippen molar-refractivity contribution in [2.45, 2.75) is 12.8 Å². The number of thiophene rings is 1. The number of carbonyl (C=O) groups excluding carboxylic acids is 1. The zero-order valence-electron chi connectivity index (χ0n) is 16.7. The molecule has 1 N–H and O–H groups in total. The zero-order chi connectivity index (χ0) is 21.8. The summed E-state index contributed by atoms with van der Waals surface area (Å²) in [5.41, 5.74) is 0.996. The van der Waals surface area contributed by atoms with E-state index in [0.717, 1.165) is 30.4 Å². The van der Waals surface area contributed by atoms with Gasteiger partial charge in [0.2, 0.25) is 5.91 Å². The summed E-state index contributed by atoms with van der Waals surface area (Å²) in [6.45, 7) is 3.54. The average Bonchev–Trinajstić information content (AvgIpc) is 3.41. The smallest absolute Gasteiger partial charge is 0.324 e. The second-order valence-electron chi connectivity index (χ2n) is 7.38. The topological polar surface area (TPSA) is 53.4 Å². The van der Waals surface area contributed by atoms with E-state index in [1.54, 1.807) is 11.3 Å². The molecule has 0 saturated carbocycles. The lowest BCUT2D eigenvalue weighted by molar-refractivity contribution is -0.137. The summed E-state index contributed by atoms with van der Waals surface area (Å²) in [6.07, 6.45) is -2.56. The maximum absolute atomic E-state index is 13.1. The zero-order valence-corrected chi connectivity index (χ0v) is 17.5. The molecule has 6 nitrogen and oxygen atoms in total. The van der Waals surface area contributed by atoms with Crippen LogP contribution in [0.5, 0.6) is 0 Å². The highest BCUT2D eigenvalue weighted by atomic mass is 32.1. The molecule has 1 fully saturated rings. The number of benzene rings is 1. The highest BCUT2D eigenvalue weighted by Gasteiger charge is 2.33. The molecule has 0 bridgehead atoms. The van der Waals surface area contributed by atoms with Crippen LogP contribution in [0.1, 0.15) is 5.56 Å². The number of amides is 1. The Hall–Kier alpha value is -2.69. The number of nitrogens with zero attached hydrogens (tertiary/aromatic N) is 4. The predicted molar refractivity (Wildman–Crippen MR) is 114 cm³/mol. The molecule has 0 spiro atoms. The third-order valence-corrected chi connectivity index (χ3v) is 5.82. The molecule has 2 aromatic heterocycles. The first-order valence-corrected chi connectivity index (χ1v) is 10.8. The number of nitrogens with one attached hydrogen (secondary N) is 1. The summed E-state index contributed by atoms with van der Waals surface area (Å²) in [5, 5.41) is 11.1. The van der Waals surface area contributed by atoms with Gasteiger partial charge in [-0.25, -0.2) is 0 Å². The number of rotatable bonds is 6. The van der Waals surface area contributed by atoms with Crippen LogP contribution in [0.3, 0.4) is 0 Å². The van der Waals surface area contributed by atoms with Crippen molar-refractivity contribution in [3.63, 3.8) is 0 Å². The second-order valence-corrected chi connectivity index (χ2v) is 8.16. The molecule has 1 aliphatic rings. The normalized spacial score (nSPS) is 15.8. The third-order valence-electron chi connectivity index (χ3n) is 5.14. The van der Waals surface area contributed by atoms with Crippen molar-refractivity contribution in [1.29, 1.82) is 0 Å². The molecule has 31 heavy (non-hydrogen) atoms.